The normalized spacial score (nSPS) is 15.8. The first-order valence-corrected chi connectivity index (χ1v) is 14.9. The Morgan fingerprint density at radius 2 is 1.57 bits per heavy atom. The highest BCUT2D eigenvalue weighted by molar-refractivity contribution is 7.14. The molecule has 1 unspecified atom stereocenters. The SMILES string of the molecule is CN(CC(=O)O)[C@@H](C(=O)NC(C(=O)[C@@H]1CCCN1)c1ccc(C(=N)N)s1)C(c1ccccc1)c1ccccc1.O=C(O)C(F)(F)F. The molecule has 0 bridgehead atoms. The van der Waals surface area contributed by atoms with Crippen molar-refractivity contribution in [3.05, 3.63) is 93.7 Å². The highest BCUT2D eigenvalue weighted by Gasteiger charge is 2.40. The predicted octanol–water partition coefficient (Wildman–Crippen LogP) is 3.36. The summed E-state index contributed by atoms with van der Waals surface area (Å²) in [6.45, 7) is 0.346. The van der Waals surface area contributed by atoms with Crippen LogP contribution in [-0.2, 0) is 19.2 Å². The second kappa shape index (κ2) is 16.1. The number of carbonyl (C=O) groups is 4. The van der Waals surface area contributed by atoms with E-state index in [2.05, 4.69) is 10.6 Å². The number of amides is 1. The molecule has 0 spiro atoms. The van der Waals surface area contributed by atoms with Crippen molar-refractivity contribution < 1.29 is 42.6 Å². The van der Waals surface area contributed by atoms with E-state index in [-0.39, 0.29) is 18.2 Å². The topological polar surface area (TPSA) is 186 Å². The maximum absolute atomic E-state index is 14.2. The third kappa shape index (κ3) is 9.70. The number of nitrogens with zero attached hydrogens (tertiary/aromatic N) is 1. The van der Waals surface area contributed by atoms with Gasteiger partial charge >= 0.3 is 18.1 Å². The fourth-order valence-electron chi connectivity index (χ4n) is 5.09. The lowest BCUT2D eigenvalue weighted by Crippen LogP contribution is -2.53. The van der Waals surface area contributed by atoms with Crippen LogP contribution < -0.4 is 16.4 Å². The zero-order valence-electron chi connectivity index (χ0n) is 24.7. The summed E-state index contributed by atoms with van der Waals surface area (Å²) >= 11 is 1.19. The number of hydrogen-bond acceptors (Lipinski definition) is 8. The maximum Gasteiger partial charge on any atom is 0.490 e. The van der Waals surface area contributed by atoms with Crippen LogP contribution in [0.3, 0.4) is 0 Å². The van der Waals surface area contributed by atoms with E-state index in [9.17, 15) is 32.7 Å². The lowest BCUT2D eigenvalue weighted by molar-refractivity contribution is -0.192. The molecule has 1 aromatic heterocycles. The first-order chi connectivity index (χ1) is 21.7. The molecule has 2 aromatic carbocycles. The summed E-state index contributed by atoms with van der Waals surface area (Å²) in [4.78, 5) is 51.1. The second-order valence-electron chi connectivity index (χ2n) is 10.5. The maximum atomic E-state index is 14.2. The van der Waals surface area contributed by atoms with E-state index in [0.29, 0.717) is 22.7 Å². The predicted molar refractivity (Wildman–Crippen MR) is 165 cm³/mol. The monoisotopic (exact) mass is 661 g/mol. The zero-order valence-corrected chi connectivity index (χ0v) is 25.5. The number of hydrogen-bond donors (Lipinski definition) is 6. The van der Waals surface area contributed by atoms with Gasteiger partial charge in [-0.3, -0.25) is 24.7 Å². The number of ketones is 1. The summed E-state index contributed by atoms with van der Waals surface area (Å²) in [5.41, 5.74) is 7.36. The quantitative estimate of drug-likeness (QED) is 0.125. The van der Waals surface area contributed by atoms with E-state index in [1.54, 1.807) is 19.2 Å². The number of nitrogens with one attached hydrogen (secondary N) is 3. The number of alkyl halides is 3. The highest BCUT2D eigenvalue weighted by atomic mass is 32.1. The number of Topliss-reactive ketones (excluding diaryl/α,β-unsaturated/α-hetero) is 1. The summed E-state index contributed by atoms with van der Waals surface area (Å²) in [6, 6.07) is 20.0. The third-order valence-electron chi connectivity index (χ3n) is 7.16. The number of rotatable bonds is 12. The van der Waals surface area contributed by atoms with Crippen LogP contribution >= 0.6 is 11.3 Å². The van der Waals surface area contributed by atoms with Gasteiger partial charge in [0, 0.05) is 10.8 Å². The number of carboxylic acids is 2. The smallest absolute Gasteiger partial charge is 0.480 e. The molecule has 2 heterocycles. The number of nitrogens with two attached hydrogens (primary N) is 1. The van der Waals surface area contributed by atoms with Gasteiger partial charge in [-0.15, -0.1) is 11.3 Å². The summed E-state index contributed by atoms with van der Waals surface area (Å²) in [5.74, 6) is -5.09. The Morgan fingerprint density at radius 3 is 1.98 bits per heavy atom. The third-order valence-corrected chi connectivity index (χ3v) is 8.34. The Kier molecular flexibility index (Phi) is 12.6. The largest absolute Gasteiger partial charge is 0.490 e. The molecule has 0 aliphatic carbocycles. The summed E-state index contributed by atoms with van der Waals surface area (Å²) in [7, 11) is 1.60. The fraction of sp³-hybridized carbons (Fsp3) is 0.323. The average molecular weight is 662 g/mol. The van der Waals surface area contributed by atoms with Crippen molar-refractivity contribution >= 4 is 40.8 Å². The Hall–Kier alpha value is -4.60. The molecule has 0 saturated carbocycles. The van der Waals surface area contributed by atoms with E-state index in [0.717, 1.165) is 17.5 Å². The molecule has 0 radical (unpaired) electrons. The van der Waals surface area contributed by atoms with Crippen LogP contribution in [0.25, 0.3) is 0 Å². The van der Waals surface area contributed by atoms with Crippen molar-refractivity contribution in [2.75, 3.05) is 20.1 Å². The fourth-order valence-corrected chi connectivity index (χ4v) is 6.02. The van der Waals surface area contributed by atoms with Gasteiger partial charge < -0.3 is 26.6 Å². The van der Waals surface area contributed by atoms with Gasteiger partial charge in [0.1, 0.15) is 17.9 Å². The van der Waals surface area contributed by atoms with Gasteiger partial charge in [0.05, 0.1) is 17.5 Å². The van der Waals surface area contributed by atoms with Crippen LogP contribution in [0.4, 0.5) is 13.2 Å². The second-order valence-corrected chi connectivity index (χ2v) is 11.6. The van der Waals surface area contributed by atoms with E-state index in [4.69, 9.17) is 21.0 Å². The number of nitrogen functional groups attached to an aromatic ring is 1. The number of aliphatic carboxylic acids is 2. The van der Waals surface area contributed by atoms with Crippen molar-refractivity contribution in [1.82, 2.24) is 15.5 Å². The van der Waals surface area contributed by atoms with Crippen LogP contribution in [-0.4, -0.2) is 83.0 Å². The van der Waals surface area contributed by atoms with Crippen LogP contribution in [0, 0.1) is 5.41 Å². The molecule has 3 aromatic rings. The van der Waals surface area contributed by atoms with E-state index >= 15 is 0 Å². The first-order valence-electron chi connectivity index (χ1n) is 14.0. The first kappa shape index (κ1) is 35.9. The highest BCUT2D eigenvalue weighted by Crippen LogP contribution is 2.33. The lowest BCUT2D eigenvalue weighted by Gasteiger charge is -2.34. The molecule has 1 aliphatic heterocycles. The van der Waals surface area contributed by atoms with Gasteiger partial charge in [0.25, 0.3) is 0 Å². The van der Waals surface area contributed by atoms with Crippen molar-refractivity contribution in [3.63, 3.8) is 0 Å². The number of carboxylic acid groups (broad SMARTS) is 2. The average Bonchev–Trinajstić information content (AvgIpc) is 3.72. The Balaban J connectivity index is 0.000000738. The van der Waals surface area contributed by atoms with Gasteiger partial charge in [-0.1, -0.05) is 60.7 Å². The lowest BCUT2D eigenvalue weighted by atomic mass is 9.83. The molecule has 1 fully saturated rings. The van der Waals surface area contributed by atoms with Crippen LogP contribution in [0.1, 0.15) is 45.7 Å². The van der Waals surface area contributed by atoms with E-state index in [1.807, 2.05) is 60.7 Å². The molecule has 46 heavy (non-hydrogen) atoms. The number of likely N-dealkylation sites (N-methyl/N-ethyl adjacent to an activating group) is 1. The van der Waals surface area contributed by atoms with Crippen molar-refractivity contribution in [3.8, 4) is 0 Å². The van der Waals surface area contributed by atoms with Crippen LogP contribution in [0.5, 0.6) is 0 Å². The number of carbonyl (C=O) groups excluding carboxylic acids is 2. The van der Waals surface area contributed by atoms with E-state index in [1.165, 1.54) is 16.2 Å². The summed E-state index contributed by atoms with van der Waals surface area (Å²) < 4.78 is 31.7. The van der Waals surface area contributed by atoms with Gasteiger partial charge in [-0.05, 0) is 49.7 Å². The number of thiophene rings is 1. The summed E-state index contributed by atoms with van der Waals surface area (Å²) in [6.07, 6.45) is -3.57. The minimum absolute atomic E-state index is 0.116. The molecule has 1 aliphatic rings. The molecular formula is C31H34F3N5O6S. The Morgan fingerprint density at radius 1 is 1.02 bits per heavy atom. The Labute approximate surface area is 266 Å². The minimum atomic E-state index is -5.08. The van der Waals surface area contributed by atoms with E-state index < -0.39 is 48.1 Å². The molecule has 11 nitrogen and oxygen atoms in total. The summed E-state index contributed by atoms with van der Waals surface area (Å²) in [5, 5.41) is 30.7. The molecule has 4 rings (SSSR count). The van der Waals surface area contributed by atoms with Crippen LogP contribution in [0.2, 0.25) is 0 Å². The van der Waals surface area contributed by atoms with Crippen molar-refractivity contribution in [2.24, 2.45) is 5.73 Å². The standard InChI is InChI=1S/C29H33N5O4S.C2HF3O2/c1-34(17-23(35)36)26(24(18-9-4-2-5-10-18)19-11-6-3-7-12-19)29(38)33-25(27(37)20-13-8-16-32-20)21-14-15-22(39-21)28(30)31;3-2(4,5)1(6)7/h2-7,9-12,14-15,20,24-26,32H,8,13,16-17H2,1H3,(H3,30,31)(H,33,38)(H,35,36);(H,6,7)/t20-,25?,26+;/m0./s1. The van der Waals surface area contributed by atoms with Crippen molar-refractivity contribution in [2.45, 2.75) is 43.1 Å². The molecule has 15 heteroatoms. The van der Waals surface area contributed by atoms with Crippen molar-refractivity contribution in [1.29, 1.82) is 5.41 Å². The van der Waals surface area contributed by atoms with Gasteiger partial charge in [-0.2, -0.15) is 13.2 Å². The van der Waals surface area contributed by atoms with Gasteiger partial charge in [-0.25, -0.2) is 4.79 Å². The number of amidine groups is 1. The molecule has 1 amide bonds. The molecule has 246 valence electrons. The van der Waals surface area contributed by atoms with Gasteiger partial charge in [0.15, 0.2) is 5.78 Å². The zero-order chi connectivity index (χ0) is 34.0. The molecule has 3 atom stereocenters. The molecule has 7 N–H and O–H groups in total. The van der Waals surface area contributed by atoms with Gasteiger partial charge in [0.2, 0.25) is 5.91 Å². The Bertz CT molecular complexity index is 1470. The molecular weight excluding hydrogens is 627 g/mol. The van der Waals surface area contributed by atoms with Crippen LogP contribution in [0.15, 0.2) is 72.8 Å². The minimum Gasteiger partial charge on any atom is -0.480 e. The number of benzene rings is 2. The number of halogens is 3. The molecule has 1 saturated heterocycles.